The van der Waals surface area contributed by atoms with Crippen molar-refractivity contribution in [2.24, 2.45) is 0 Å². The van der Waals surface area contributed by atoms with Crippen LogP contribution in [0.15, 0.2) is 42.5 Å². The monoisotopic (exact) mass is 312 g/mol. The molecule has 1 amide bonds. The molecule has 0 bridgehead atoms. The maximum Gasteiger partial charge on any atom is 0.224 e. The van der Waals surface area contributed by atoms with E-state index >= 15 is 0 Å². The van der Waals surface area contributed by atoms with Gasteiger partial charge in [0, 0.05) is 23.5 Å². The fourth-order valence-electron chi connectivity index (χ4n) is 2.28. The minimum absolute atomic E-state index is 0.0441. The Bertz CT molecular complexity index is 670. The highest BCUT2D eigenvalue weighted by molar-refractivity contribution is 5.91. The lowest BCUT2D eigenvalue weighted by molar-refractivity contribution is -0.116. The van der Waals surface area contributed by atoms with Crippen molar-refractivity contribution in [1.82, 2.24) is 0 Å². The Morgan fingerprint density at radius 2 is 1.83 bits per heavy atom. The van der Waals surface area contributed by atoms with Gasteiger partial charge in [-0.15, -0.1) is 0 Å². The van der Waals surface area contributed by atoms with Gasteiger partial charge in [-0.05, 0) is 42.8 Å². The first-order valence-corrected chi connectivity index (χ1v) is 7.90. The summed E-state index contributed by atoms with van der Waals surface area (Å²) >= 11 is 0. The second-order valence-corrected chi connectivity index (χ2v) is 5.56. The van der Waals surface area contributed by atoms with E-state index in [0.717, 1.165) is 36.3 Å². The number of benzene rings is 2. The smallest absolute Gasteiger partial charge is 0.224 e. The molecule has 0 saturated carbocycles. The number of nitrogen functional groups attached to an aromatic ring is 2. The van der Waals surface area contributed by atoms with Gasteiger partial charge in [0.25, 0.3) is 0 Å². The van der Waals surface area contributed by atoms with Gasteiger partial charge in [-0.3, -0.25) is 4.79 Å². The summed E-state index contributed by atoms with van der Waals surface area (Å²) in [5.41, 5.74) is 15.3. The molecule has 0 aliphatic rings. The molecule has 0 heterocycles. The number of nitrogens with two attached hydrogens (primary N) is 2. The van der Waals surface area contributed by atoms with Crippen LogP contribution in [-0.2, 0) is 4.79 Å². The van der Waals surface area contributed by atoms with Crippen molar-refractivity contribution >= 4 is 34.3 Å². The number of amides is 1. The first kappa shape index (κ1) is 16.7. The van der Waals surface area contributed by atoms with E-state index in [1.54, 1.807) is 12.1 Å². The first-order valence-electron chi connectivity index (χ1n) is 7.90. The van der Waals surface area contributed by atoms with E-state index in [1.165, 1.54) is 0 Å². The molecule has 2 rings (SSSR count). The third-order valence-corrected chi connectivity index (χ3v) is 3.51. The van der Waals surface area contributed by atoms with E-state index in [0.29, 0.717) is 17.8 Å². The van der Waals surface area contributed by atoms with Gasteiger partial charge in [0.1, 0.15) is 0 Å². The number of hydrogen-bond acceptors (Lipinski definition) is 4. The second kappa shape index (κ2) is 8.08. The molecule has 6 N–H and O–H groups in total. The Labute approximate surface area is 137 Å². The summed E-state index contributed by atoms with van der Waals surface area (Å²) in [5.74, 6) is 0.0441. The molecule has 5 heteroatoms. The Balaban J connectivity index is 2.00. The van der Waals surface area contributed by atoms with Crippen LogP contribution in [0.4, 0.5) is 28.4 Å². The van der Waals surface area contributed by atoms with Crippen LogP contribution in [-0.4, -0.2) is 5.91 Å². The molecule has 0 aromatic heterocycles. The number of hydrogen-bond donors (Lipinski definition) is 4. The molecule has 122 valence electrons. The zero-order chi connectivity index (χ0) is 16.7. The Hall–Kier alpha value is -2.69. The number of nitrogens with one attached hydrogen (secondary N) is 2. The van der Waals surface area contributed by atoms with Crippen molar-refractivity contribution in [3.05, 3.63) is 42.5 Å². The largest absolute Gasteiger partial charge is 0.399 e. The molecule has 0 atom stereocenters. The highest BCUT2D eigenvalue weighted by Crippen LogP contribution is 2.26. The standard InChI is InChI=1S/C18H24N4O/c1-2-3-4-8-18(23)22-15-7-5-6-14(12-15)21-17-10-9-13(19)11-16(17)20/h5-7,9-12,21H,2-4,8,19-20H2,1H3,(H,22,23). The summed E-state index contributed by atoms with van der Waals surface area (Å²) in [6, 6.07) is 12.9. The average Bonchev–Trinajstić information content (AvgIpc) is 2.51. The van der Waals surface area contributed by atoms with Crippen LogP contribution in [0, 0.1) is 0 Å². The highest BCUT2D eigenvalue weighted by atomic mass is 16.1. The number of carbonyl (C=O) groups is 1. The van der Waals surface area contributed by atoms with Gasteiger partial charge in [0.2, 0.25) is 5.91 Å². The highest BCUT2D eigenvalue weighted by Gasteiger charge is 2.04. The van der Waals surface area contributed by atoms with Crippen molar-refractivity contribution < 1.29 is 4.79 Å². The molecule has 2 aromatic carbocycles. The zero-order valence-electron chi connectivity index (χ0n) is 13.4. The molecular formula is C18H24N4O. The summed E-state index contributed by atoms with van der Waals surface area (Å²) < 4.78 is 0. The van der Waals surface area contributed by atoms with Crippen molar-refractivity contribution in [2.45, 2.75) is 32.6 Å². The molecule has 2 aromatic rings. The summed E-state index contributed by atoms with van der Waals surface area (Å²) in [7, 11) is 0. The normalized spacial score (nSPS) is 10.3. The lowest BCUT2D eigenvalue weighted by Crippen LogP contribution is -2.11. The van der Waals surface area contributed by atoms with E-state index < -0.39 is 0 Å². The summed E-state index contributed by atoms with van der Waals surface area (Å²) in [6.07, 6.45) is 3.65. The SMILES string of the molecule is CCCCCC(=O)Nc1cccc(Nc2ccc(N)cc2N)c1. The predicted molar refractivity (Wildman–Crippen MR) is 97.8 cm³/mol. The van der Waals surface area contributed by atoms with Gasteiger partial charge in [0.05, 0.1) is 11.4 Å². The maximum absolute atomic E-state index is 11.9. The van der Waals surface area contributed by atoms with Crippen molar-refractivity contribution in [3.63, 3.8) is 0 Å². The minimum atomic E-state index is 0.0441. The number of anilines is 5. The molecule has 23 heavy (non-hydrogen) atoms. The van der Waals surface area contributed by atoms with Gasteiger partial charge >= 0.3 is 0 Å². The zero-order valence-corrected chi connectivity index (χ0v) is 13.4. The molecule has 0 radical (unpaired) electrons. The summed E-state index contributed by atoms with van der Waals surface area (Å²) in [4.78, 5) is 11.9. The maximum atomic E-state index is 11.9. The van der Waals surface area contributed by atoms with Crippen LogP contribution in [0.2, 0.25) is 0 Å². The Kier molecular flexibility index (Phi) is 5.86. The van der Waals surface area contributed by atoms with E-state index in [1.807, 2.05) is 30.3 Å². The van der Waals surface area contributed by atoms with Crippen LogP contribution >= 0.6 is 0 Å². The lowest BCUT2D eigenvalue weighted by Gasteiger charge is -2.12. The minimum Gasteiger partial charge on any atom is -0.399 e. The van der Waals surface area contributed by atoms with E-state index in [9.17, 15) is 4.79 Å². The van der Waals surface area contributed by atoms with Gasteiger partial charge in [-0.25, -0.2) is 0 Å². The quantitative estimate of drug-likeness (QED) is 0.457. The van der Waals surface area contributed by atoms with E-state index in [2.05, 4.69) is 17.6 Å². The van der Waals surface area contributed by atoms with Crippen molar-refractivity contribution in [3.8, 4) is 0 Å². The van der Waals surface area contributed by atoms with Crippen LogP contribution in [0.25, 0.3) is 0 Å². The fraction of sp³-hybridized carbons (Fsp3) is 0.278. The van der Waals surface area contributed by atoms with Gasteiger partial charge < -0.3 is 22.1 Å². The third-order valence-electron chi connectivity index (χ3n) is 3.51. The molecule has 0 unspecified atom stereocenters. The van der Waals surface area contributed by atoms with Crippen LogP contribution in [0.1, 0.15) is 32.6 Å². The molecule has 0 saturated heterocycles. The number of carbonyl (C=O) groups excluding carboxylic acids is 1. The Morgan fingerprint density at radius 1 is 1.04 bits per heavy atom. The van der Waals surface area contributed by atoms with E-state index in [-0.39, 0.29) is 5.91 Å². The molecule has 0 spiro atoms. The number of rotatable bonds is 7. The molecular weight excluding hydrogens is 288 g/mol. The molecule has 5 nitrogen and oxygen atoms in total. The van der Waals surface area contributed by atoms with Gasteiger partial charge in [0.15, 0.2) is 0 Å². The summed E-state index contributed by atoms with van der Waals surface area (Å²) in [6.45, 7) is 2.12. The van der Waals surface area contributed by atoms with Gasteiger partial charge in [-0.2, -0.15) is 0 Å². The Morgan fingerprint density at radius 3 is 2.57 bits per heavy atom. The topological polar surface area (TPSA) is 93.2 Å². The summed E-state index contributed by atoms with van der Waals surface area (Å²) in [5, 5.41) is 6.15. The van der Waals surface area contributed by atoms with Crippen LogP contribution < -0.4 is 22.1 Å². The fourth-order valence-corrected chi connectivity index (χ4v) is 2.28. The molecule has 0 aliphatic heterocycles. The van der Waals surface area contributed by atoms with Crippen molar-refractivity contribution in [2.75, 3.05) is 22.1 Å². The van der Waals surface area contributed by atoms with Crippen LogP contribution in [0.5, 0.6) is 0 Å². The number of unbranched alkanes of at least 4 members (excludes halogenated alkanes) is 2. The van der Waals surface area contributed by atoms with Crippen LogP contribution in [0.3, 0.4) is 0 Å². The molecule has 0 fully saturated rings. The van der Waals surface area contributed by atoms with Crippen molar-refractivity contribution in [1.29, 1.82) is 0 Å². The average molecular weight is 312 g/mol. The second-order valence-electron chi connectivity index (χ2n) is 5.56. The van der Waals surface area contributed by atoms with Gasteiger partial charge in [-0.1, -0.05) is 25.8 Å². The lowest BCUT2D eigenvalue weighted by atomic mass is 10.2. The van der Waals surface area contributed by atoms with E-state index in [4.69, 9.17) is 11.5 Å². The third kappa shape index (κ3) is 5.21. The predicted octanol–water partition coefficient (Wildman–Crippen LogP) is 4.11. The first-order chi connectivity index (χ1) is 11.1. The molecule has 0 aliphatic carbocycles.